The topological polar surface area (TPSA) is 38.0 Å². The molecule has 0 fully saturated rings. The van der Waals surface area contributed by atoms with Crippen LogP contribution in [-0.4, -0.2) is 0 Å². The number of hydrogen-bond donors (Lipinski definition) is 2. The maximum atomic E-state index is 5.59. The van der Waals surface area contributed by atoms with Gasteiger partial charge in [0.15, 0.2) is 0 Å². The number of aryl methyl sites for hydroxylation is 2. The van der Waals surface area contributed by atoms with Crippen LogP contribution in [0.4, 0.5) is 0 Å². The largest absolute Gasteiger partial charge is 0.271 e. The number of fused-ring (bicyclic) bond motifs is 1. The smallest absolute Gasteiger partial charge is 0.0587 e. The second-order valence-corrected chi connectivity index (χ2v) is 5.57. The van der Waals surface area contributed by atoms with Gasteiger partial charge in [0.25, 0.3) is 0 Å². The molecule has 0 amide bonds. The van der Waals surface area contributed by atoms with E-state index in [9.17, 15) is 0 Å². The molecule has 0 spiro atoms. The third-order valence-electron chi connectivity index (χ3n) is 3.21. The first-order valence-electron chi connectivity index (χ1n) is 6.03. The van der Waals surface area contributed by atoms with Gasteiger partial charge in [0.2, 0.25) is 0 Å². The summed E-state index contributed by atoms with van der Waals surface area (Å²) in [6.07, 6.45) is 9.39. The molecule has 0 aliphatic heterocycles. The molecule has 1 aromatic rings. The van der Waals surface area contributed by atoms with Crippen LogP contribution in [0.15, 0.2) is 18.7 Å². The van der Waals surface area contributed by atoms with E-state index >= 15 is 0 Å². The minimum absolute atomic E-state index is 0.245. The van der Waals surface area contributed by atoms with Crippen LogP contribution in [0.3, 0.4) is 0 Å². The average Bonchev–Trinajstić information content (AvgIpc) is 2.57. The van der Waals surface area contributed by atoms with E-state index < -0.39 is 0 Å². The summed E-state index contributed by atoms with van der Waals surface area (Å²) in [5.74, 6) is 5.59. The van der Waals surface area contributed by atoms with Crippen LogP contribution in [0.25, 0.3) is 0 Å². The van der Waals surface area contributed by atoms with Gasteiger partial charge in [-0.25, -0.2) is 0 Å². The molecule has 1 atom stereocenters. The van der Waals surface area contributed by atoms with Crippen molar-refractivity contribution in [2.75, 3.05) is 0 Å². The molecule has 3 N–H and O–H groups in total. The fourth-order valence-electron chi connectivity index (χ4n) is 2.30. The van der Waals surface area contributed by atoms with Gasteiger partial charge in [0.05, 0.1) is 6.04 Å². The first-order valence-corrected chi connectivity index (χ1v) is 6.85. The van der Waals surface area contributed by atoms with E-state index in [2.05, 4.69) is 18.1 Å². The fraction of sp³-hybridized carbons (Fsp3) is 0.538. The Morgan fingerprint density at radius 2 is 2.25 bits per heavy atom. The third kappa shape index (κ3) is 2.54. The van der Waals surface area contributed by atoms with Crippen molar-refractivity contribution < 1.29 is 0 Å². The molecule has 2 nitrogen and oxygen atoms in total. The highest BCUT2D eigenvalue weighted by molar-refractivity contribution is 7.12. The van der Waals surface area contributed by atoms with Crippen molar-refractivity contribution in [2.45, 2.75) is 44.6 Å². The van der Waals surface area contributed by atoms with Crippen molar-refractivity contribution in [3.8, 4) is 0 Å². The van der Waals surface area contributed by atoms with E-state index in [1.165, 1.54) is 37.0 Å². The highest BCUT2D eigenvalue weighted by Crippen LogP contribution is 2.33. The number of nitrogens with two attached hydrogens (primary N) is 1. The van der Waals surface area contributed by atoms with Crippen LogP contribution in [0.1, 0.15) is 47.0 Å². The van der Waals surface area contributed by atoms with Crippen molar-refractivity contribution in [3.05, 3.63) is 34.0 Å². The van der Waals surface area contributed by atoms with Crippen molar-refractivity contribution in [1.82, 2.24) is 5.43 Å². The second kappa shape index (κ2) is 5.62. The number of hydrogen-bond acceptors (Lipinski definition) is 3. The lowest BCUT2D eigenvalue weighted by molar-refractivity contribution is 0.570. The van der Waals surface area contributed by atoms with Crippen LogP contribution in [0.2, 0.25) is 0 Å². The monoisotopic (exact) mass is 236 g/mol. The van der Waals surface area contributed by atoms with Gasteiger partial charge >= 0.3 is 0 Å². The SMILES string of the molecule is C=CCC(NN)c1cc2c(s1)CCCCC2. The molecular formula is C13H20N2S. The maximum absolute atomic E-state index is 5.59. The molecule has 1 aliphatic carbocycles. The van der Waals surface area contributed by atoms with Crippen LogP contribution < -0.4 is 11.3 Å². The molecule has 0 saturated heterocycles. The predicted molar refractivity (Wildman–Crippen MR) is 70.5 cm³/mol. The van der Waals surface area contributed by atoms with Gasteiger partial charge in [-0.05, 0) is 43.7 Å². The van der Waals surface area contributed by atoms with Gasteiger partial charge in [0, 0.05) is 9.75 Å². The molecule has 1 aromatic heterocycles. The Kier molecular flexibility index (Phi) is 4.16. The zero-order valence-electron chi connectivity index (χ0n) is 9.67. The van der Waals surface area contributed by atoms with E-state index in [0.29, 0.717) is 0 Å². The van der Waals surface area contributed by atoms with E-state index in [1.54, 1.807) is 10.4 Å². The van der Waals surface area contributed by atoms with Crippen LogP contribution >= 0.6 is 11.3 Å². The summed E-state index contributed by atoms with van der Waals surface area (Å²) in [6, 6.07) is 2.59. The van der Waals surface area contributed by atoms with Crippen LogP contribution in [0, 0.1) is 0 Å². The molecule has 1 aliphatic rings. The summed E-state index contributed by atoms with van der Waals surface area (Å²) in [6.45, 7) is 3.78. The Morgan fingerprint density at radius 1 is 1.44 bits per heavy atom. The van der Waals surface area contributed by atoms with Gasteiger partial charge in [-0.2, -0.15) is 0 Å². The molecule has 0 aromatic carbocycles. The zero-order chi connectivity index (χ0) is 11.4. The Morgan fingerprint density at radius 3 is 3.00 bits per heavy atom. The van der Waals surface area contributed by atoms with Crippen molar-refractivity contribution >= 4 is 11.3 Å². The Bertz CT molecular complexity index is 333. The van der Waals surface area contributed by atoms with E-state index in [0.717, 1.165) is 6.42 Å². The summed E-state index contributed by atoms with van der Waals surface area (Å²) in [5, 5.41) is 0. The van der Waals surface area contributed by atoms with Gasteiger partial charge in [-0.15, -0.1) is 17.9 Å². The Hall–Kier alpha value is -0.640. The molecule has 1 heterocycles. The lowest BCUT2D eigenvalue weighted by atomic mass is 10.1. The number of thiophene rings is 1. The standard InChI is InChI=1S/C13H20N2S/c1-2-6-11(15-14)13-9-10-7-4-3-5-8-12(10)16-13/h2,9,11,15H,1,3-8,14H2. The van der Waals surface area contributed by atoms with Crippen LogP contribution in [0.5, 0.6) is 0 Å². The predicted octanol–water partition coefficient (Wildman–Crippen LogP) is 3.10. The van der Waals surface area contributed by atoms with Gasteiger partial charge < -0.3 is 0 Å². The number of hydrazine groups is 1. The molecule has 0 saturated carbocycles. The first-order chi connectivity index (χ1) is 7.85. The molecule has 1 unspecified atom stereocenters. The molecular weight excluding hydrogens is 216 g/mol. The summed E-state index contributed by atoms with van der Waals surface area (Å²) < 4.78 is 0. The van der Waals surface area contributed by atoms with E-state index in [4.69, 9.17) is 5.84 Å². The highest BCUT2D eigenvalue weighted by Gasteiger charge is 2.16. The molecule has 2 rings (SSSR count). The summed E-state index contributed by atoms with van der Waals surface area (Å²) >= 11 is 1.93. The number of rotatable bonds is 4. The minimum atomic E-state index is 0.245. The van der Waals surface area contributed by atoms with Gasteiger partial charge in [0.1, 0.15) is 0 Å². The highest BCUT2D eigenvalue weighted by atomic mass is 32.1. The molecule has 0 radical (unpaired) electrons. The second-order valence-electron chi connectivity index (χ2n) is 4.40. The third-order valence-corrected chi connectivity index (χ3v) is 4.56. The summed E-state index contributed by atoms with van der Waals surface area (Å²) in [5.41, 5.74) is 4.44. The zero-order valence-corrected chi connectivity index (χ0v) is 10.5. The van der Waals surface area contributed by atoms with E-state index in [1.807, 2.05) is 17.4 Å². The molecule has 0 bridgehead atoms. The van der Waals surface area contributed by atoms with Crippen molar-refractivity contribution in [3.63, 3.8) is 0 Å². The Balaban J connectivity index is 2.19. The summed E-state index contributed by atoms with van der Waals surface area (Å²) in [7, 11) is 0. The lowest BCUT2D eigenvalue weighted by Gasteiger charge is -2.11. The molecule has 16 heavy (non-hydrogen) atoms. The van der Waals surface area contributed by atoms with Gasteiger partial charge in [-0.3, -0.25) is 11.3 Å². The van der Waals surface area contributed by atoms with E-state index in [-0.39, 0.29) is 6.04 Å². The van der Waals surface area contributed by atoms with Crippen molar-refractivity contribution in [1.29, 1.82) is 0 Å². The van der Waals surface area contributed by atoms with Crippen LogP contribution in [-0.2, 0) is 12.8 Å². The Labute approximate surface area is 102 Å². The fourth-order valence-corrected chi connectivity index (χ4v) is 3.63. The number of nitrogens with one attached hydrogen (secondary N) is 1. The van der Waals surface area contributed by atoms with Gasteiger partial charge in [-0.1, -0.05) is 12.5 Å². The quantitative estimate of drug-likeness (QED) is 0.365. The maximum Gasteiger partial charge on any atom is 0.0587 e. The minimum Gasteiger partial charge on any atom is -0.271 e. The summed E-state index contributed by atoms with van der Waals surface area (Å²) in [4.78, 5) is 2.95. The normalized spacial score (nSPS) is 17.6. The first kappa shape index (κ1) is 11.8. The molecule has 88 valence electrons. The van der Waals surface area contributed by atoms with Crippen molar-refractivity contribution in [2.24, 2.45) is 5.84 Å². The average molecular weight is 236 g/mol. The molecule has 3 heteroatoms. The lowest BCUT2D eigenvalue weighted by Crippen LogP contribution is -2.26.